The van der Waals surface area contributed by atoms with E-state index in [2.05, 4.69) is 10.4 Å². The van der Waals surface area contributed by atoms with E-state index in [1.165, 1.54) is 0 Å². The van der Waals surface area contributed by atoms with Crippen molar-refractivity contribution in [2.24, 2.45) is 7.05 Å². The molecule has 5 heteroatoms. The SMILES string of the molecule is Cc1nn(C)cc1NCc1ccc(CC(=O)O)cc1. The number of benzene rings is 1. The Kier molecular flexibility index (Phi) is 3.85. The number of carboxylic acids is 1. The number of anilines is 1. The van der Waals surface area contributed by atoms with Gasteiger partial charge in [-0.05, 0) is 18.1 Å². The minimum atomic E-state index is -0.808. The minimum absolute atomic E-state index is 0.0649. The van der Waals surface area contributed by atoms with Gasteiger partial charge < -0.3 is 10.4 Å². The Labute approximate surface area is 111 Å². The van der Waals surface area contributed by atoms with Crippen molar-refractivity contribution in [2.75, 3.05) is 5.32 Å². The molecule has 0 aliphatic carbocycles. The summed E-state index contributed by atoms with van der Waals surface area (Å²) in [5.41, 5.74) is 3.90. The van der Waals surface area contributed by atoms with Crippen LogP contribution in [0, 0.1) is 6.92 Å². The Morgan fingerprint density at radius 2 is 1.95 bits per heavy atom. The molecular formula is C14H17N3O2. The Morgan fingerprint density at radius 1 is 1.32 bits per heavy atom. The average Bonchev–Trinajstić information content (AvgIpc) is 2.66. The quantitative estimate of drug-likeness (QED) is 0.861. The third-order valence-electron chi connectivity index (χ3n) is 2.87. The lowest BCUT2D eigenvalue weighted by Crippen LogP contribution is -2.02. The maximum atomic E-state index is 10.6. The first-order valence-corrected chi connectivity index (χ1v) is 6.08. The van der Waals surface area contributed by atoms with Gasteiger partial charge in [-0.1, -0.05) is 24.3 Å². The molecule has 0 radical (unpaired) electrons. The van der Waals surface area contributed by atoms with Gasteiger partial charge in [0.15, 0.2) is 0 Å². The molecule has 0 saturated carbocycles. The average molecular weight is 259 g/mol. The number of hydrogen-bond acceptors (Lipinski definition) is 3. The maximum absolute atomic E-state index is 10.6. The molecule has 0 fully saturated rings. The first-order valence-electron chi connectivity index (χ1n) is 6.08. The molecule has 0 aliphatic heterocycles. The lowest BCUT2D eigenvalue weighted by atomic mass is 10.1. The molecule has 0 bridgehead atoms. The van der Waals surface area contributed by atoms with Gasteiger partial charge >= 0.3 is 5.97 Å². The molecule has 100 valence electrons. The van der Waals surface area contributed by atoms with Gasteiger partial charge in [-0.3, -0.25) is 9.48 Å². The summed E-state index contributed by atoms with van der Waals surface area (Å²) in [7, 11) is 1.89. The number of nitrogens with one attached hydrogen (secondary N) is 1. The Hall–Kier alpha value is -2.30. The van der Waals surface area contributed by atoms with Crippen LogP contribution in [0.1, 0.15) is 16.8 Å². The lowest BCUT2D eigenvalue weighted by molar-refractivity contribution is -0.136. The monoisotopic (exact) mass is 259 g/mol. The molecule has 19 heavy (non-hydrogen) atoms. The summed E-state index contributed by atoms with van der Waals surface area (Å²) in [6, 6.07) is 7.58. The first-order chi connectivity index (χ1) is 9.04. The zero-order valence-electron chi connectivity index (χ0n) is 11.1. The molecule has 0 unspecified atom stereocenters. The minimum Gasteiger partial charge on any atom is -0.481 e. The van der Waals surface area contributed by atoms with Gasteiger partial charge in [-0.15, -0.1) is 0 Å². The maximum Gasteiger partial charge on any atom is 0.307 e. The molecular weight excluding hydrogens is 242 g/mol. The highest BCUT2D eigenvalue weighted by Gasteiger charge is 2.03. The van der Waals surface area contributed by atoms with E-state index < -0.39 is 5.97 Å². The predicted molar refractivity (Wildman–Crippen MR) is 73.1 cm³/mol. The van der Waals surface area contributed by atoms with Crippen LogP contribution in [0.15, 0.2) is 30.5 Å². The Bertz CT molecular complexity index is 573. The predicted octanol–water partition coefficient (Wildman–Crippen LogP) is 1.97. The van der Waals surface area contributed by atoms with E-state index in [0.717, 1.165) is 22.5 Å². The lowest BCUT2D eigenvalue weighted by Gasteiger charge is -2.05. The second-order valence-corrected chi connectivity index (χ2v) is 4.54. The highest BCUT2D eigenvalue weighted by molar-refractivity contribution is 5.70. The van der Waals surface area contributed by atoms with E-state index in [9.17, 15) is 4.79 Å². The van der Waals surface area contributed by atoms with Crippen molar-refractivity contribution in [3.63, 3.8) is 0 Å². The second-order valence-electron chi connectivity index (χ2n) is 4.54. The van der Waals surface area contributed by atoms with E-state index in [-0.39, 0.29) is 6.42 Å². The van der Waals surface area contributed by atoms with E-state index in [4.69, 9.17) is 5.11 Å². The largest absolute Gasteiger partial charge is 0.481 e. The number of hydrogen-bond donors (Lipinski definition) is 2. The molecule has 1 heterocycles. The van der Waals surface area contributed by atoms with E-state index in [0.29, 0.717) is 6.54 Å². The Balaban J connectivity index is 1.96. The van der Waals surface area contributed by atoms with Gasteiger partial charge in [-0.25, -0.2) is 0 Å². The highest BCUT2D eigenvalue weighted by Crippen LogP contribution is 2.13. The molecule has 0 amide bonds. The van der Waals surface area contributed by atoms with Crippen LogP contribution in [-0.4, -0.2) is 20.9 Å². The van der Waals surface area contributed by atoms with Crippen molar-refractivity contribution in [1.29, 1.82) is 0 Å². The number of aryl methyl sites for hydroxylation is 2. The Morgan fingerprint density at radius 3 is 2.47 bits per heavy atom. The standard InChI is InChI=1S/C14H17N3O2/c1-10-13(9-17(2)16-10)15-8-12-5-3-11(4-6-12)7-14(18)19/h3-6,9,15H,7-8H2,1-2H3,(H,18,19). The fourth-order valence-electron chi connectivity index (χ4n) is 1.92. The van der Waals surface area contributed by atoms with Crippen LogP contribution in [0.25, 0.3) is 0 Å². The van der Waals surface area contributed by atoms with E-state index >= 15 is 0 Å². The van der Waals surface area contributed by atoms with Gasteiger partial charge in [0.1, 0.15) is 0 Å². The molecule has 0 atom stereocenters. The number of aromatic nitrogens is 2. The van der Waals surface area contributed by atoms with E-state index in [1.807, 2.05) is 44.4 Å². The van der Waals surface area contributed by atoms with Gasteiger partial charge in [0.25, 0.3) is 0 Å². The third-order valence-corrected chi connectivity index (χ3v) is 2.87. The molecule has 0 spiro atoms. The molecule has 5 nitrogen and oxygen atoms in total. The van der Waals surface area contributed by atoms with Gasteiger partial charge in [0.2, 0.25) is 0 Å². The summed E-state index contributed by atoms with van der Waals surface area (Å²) in [6.07, 6.45) is 2.00. The number of carboxylic acid groups (broad SMARTS) is 1. The normalized spacial score (nSPS) is 10.4. The number of rotatable bonds is 5. The van der Waals surface area contributed by atoms with Crippen molar-refractivity contribution in [3.8, 4) is 0 Å². The fraction of sp³-hybridized carbons (Fsp3) is 0.286. The van der Waals surface area contributed by atoms with Gasteiger partial charge in [0, 0.05) is 19.8 Å². The van der Waals surface area contributed by atoms with Crippen LogP contribution >= 0.6 is 0 Å². The topological polar surface area (TPSA) is 67.2 Å². The molecule has 0 aliphatic rings. The van der Waals surface area contributed by atoms with Gasteiger partial charge in [-0.2, -0.15) is 5.10 Å². The van der Waals surface area contributed by atoms with Crippen LogP contribution in [0.2, 0.25) is 0 Å². The van der Waals surface area contributed by atoms with Crippen molar-refractivity contribution < 1.29 is 9.90 Å². The summed E-state index contributed by atoms with van der Waals surface area (Å²) in [5.74, 6) is -0.808. The molecule has 2 rings (SSSR count). The van der Waals surface area contributed by atoms with Crippen LogP contribution in [0.4, 0.5) is 5.69 Å². The summed E-state index contributed by atoms with van der Waals surface area (Å²) in [4.78, 5) is 10.6. The van der Waals surface area contributed by atoms with Crippen LogP contribution < -0.4 is 5.32 Å². The zero-order valence-corrected chi connectivity index (χ0v) is 11.1. The number of aliphatic carboxylic acids is 1. The molecule has 2 aromatic rings. The van der Waals surface area contributed by atoms with Crippen molar-refractivity contribution in [1.82, 2.24) is 9.78 Å². The smallest absolute Gasteiger partial charge is 0.307 e. The zero-order chi connectivity index (χ0) is 13.8. The summed E-state index contributed by atoms with van der Waals surface area (Å²) in [5, 5.41) is 16.3. The van der Waals surface area contributed by atoms with Crippen LogP contribution in [0.5, 0.6) is 0 Å². The molecule has 2 N–H and O–H groups in total. The third kappa shape index (κ3) is 3.58. The first kappa shape index (κ1) is 13.1. The van der Waals surface area contributed by atoms with Crippen LogP contribution in [-0.2, 0) is 24.8 Å². The molecule has 0 saturated heterocycles. The molecule has 1 aromatic carbocycles. The number of nitrogens with zero attached hydrogens (tertiary/aromatic N) is 2. The molecule has 1 aromatic heterocycles. The fourth-order valence-corrected chi connectivity index (χ4v) is 1.92. The van der Waals surface area contributed by atoms with Crippen molar-refractivity contribution in [2.45, 2.75) is 19.9 Å². The second kappa shape index (κ2) is 5.56. The van der Waals surface area contributed by atoms with Crippen molar-refractivity contribution in [3.05, 3.63) is 47.3 Å². The highest BCUT2D eigenvalue weighted by atomic mass is 16.4. The van der Waals surface area contributed by atoms with E-state index in [1.54, 1.807) is 4.68 Å². The summed E-state index contributed by atoms with van der Waals surface area (Å²) >= 11 is 0. The van der Waals surface area contributed by atoms with Crippen molar-refractivity contribution >= 4 is 11.7 Å². The van der Waals surface area contributed by atoms with Crippen LogP contribution in [0.3, 0.4) is 0 Å². The number of carbonyl (C=O) groups is 1. The summed E-state index contributed by atoms with van der Waals surface area (Å²) in [6.45, 7) is 2.65. The van der Waals surface area contributed by atoms with Gasteiger partial charge in [0.05, 0.1) is 17.8 Å². The summed E-state index contributed by atoms with van der Waals surface area (Å²) < 4.78 is 1.77.